The first-order valence-electron chi connectivity index (χ1n) is 4.03. The van der Waals surface area contributed by atoms with E-state index in [2.05, 4.69) is 6.72 Å². The quantitative estimate of drug-likeness (QED) is 0.567. The number of carbonyl (C=O) groups is 1. The maximum atomic E-state index is 11.1. The van der Waals surface area contributed by atoms with E-state index in [-0.39, 0.29) is 0 Å². The van der Waals surface area contributed by atoms with Crippen LogP contribution in [0.3, 0.4) is 0 Å². The van der Waals surface area contributed by atoms with E-state index < -0.39 is 6.09 Å². The molecule has 0 bridgehead atoms. The Bertz CT molecular complexity index is 421. The van der Waals surface area contributed by atoms with Crippen molar-refractivity contribution in [1.82, 2.24) is 0 Å². The molecule has 0 saturated carbocycles. The first kappa shape index (κ1) is 7.98. The molecule has 0 unspecified atom stereocenters. The molecule has 2 rings (SSSR count). The molecule has 1 amide bonds. The fourth-order valence-corrected chi connectivity index (χ4v) is 1.51. The summed E-state index contributed by atoms with van der Waals surface area (Å²) in [4.78, 5) is 11.1. The Morgan fingerprint density at radius 1 is 1.38 bits per heavy atom. The van der Waals surface area contributed by atoms with Gasteiger partial charge in [0, 0.05) is 6.07 Å². The summed E-state index contributed by atoms with van der Waals surface area (Å²) >= 11 is 0. The monoisotopic (exact) mass is 176 g/mol. The van der Waals surface area contributed by atoms with Crippen molar-refractivity contribution in [3.8, 4) is 5.75 Å². The van der Waals surface area contributed by atoms with Crippen LogP contribution in [-0.4, -0.2) is 17.4 Å². The van der Waals surface area contributed by atoms with Gasteiger partial charge in [-0.15, -0.1) is 0 Å². The van der Waals surface area contributed by atoms with E-state index in [0.717, 1.165) is 16.8 Å². The molecule has 0 fully saturated rings. The van der Waals surface area contributed by atoms with Gasteiger partial charge >= 0.3 is 6.09 Å². The Hall–Kier alpha value is -1.64. The second kappa shape index (κ2) is 2.42. The normalized spacial score (nSPS) is 14.3. The largest absolute Gasteiger partial charge is 0.607 e. The minimum Gasteiger partial charge on any atom is -0.365 e. The van der Waals surface area contributed by atoms with Gasteiger partial charge in [-0.2, -0.15) is 4.79 Å². The van der Waals surface area contributed by atoms with E-state index in [1.165, 1.54) is 4.58 Å². The van der Waals surface area contributed by atoms with E-state index >= 15 is 0 Å². The van der Waals surface area contributed by atoms with Crippen molar-refractivity contribution in [2.24, 2.45) is 0 Å². The second-order valence-corrected chi connectivity index (χ2v) is 3.23. The van der Waals surface area contributed by atoms with Crippen molar-refractivity contribution in [1.29, 1.82) is 0 Å². The first-order chi connectivity index (χ1) is 6.09. The number of fused-ring (bicyclic) bond motifs is 1. The van der Waals surface area contributed by atoms with Gasteiger partial charge in [-0.1, -0.05) is 10.6 Å². The van der Waals surface area contributed by atoms with Gasteiger partial charge in [-0.05, 0) is 25.0 Å². The van der Waals surface area contributed by atoms with Gasteiger partial charge in [0.2, 0.25) is 5.75 Å². The lowest BCUT2D eigenvalue weighted by Gasteiger charge is -1.97. The van der Waals surface area contributed by atoms with Crippen LogP contribution in [0.25, 0.3) is 0 Å². The average Bonchev–Trinajstić information content (AvgIpc) is 2.32. The summed E-state index contributed by atoms with van der Waals surface area (Å²) < 4.78 is 6.30. The van der Waals surface area contributed by atoms with Crippen molar-refractivity contribution < 1.29 is 14.1 Å². The first-order valence-corrected chi connectivity index (χ1v) is 4.03. The zero-order chi connectivity index (χ0) is 9.59. The highest BCUT2D eigenvalue weighted by atomic mass is 16.6. The third-order valence-corrected chi connectivity index (χ3v) is 2.10. The number of aryl methyl sites for hydroxylation is 2. The maximum Gasteiger partial charge on any atom is 0.607 e. The number of nitrogens with zero attached hydrogens (tertiary/aromatic N) is 1. The summed E-state index contributed by atoms with van der Waals surface area (Å²) in [6.07, 6.45) is -0.413. The van der Waals surface area contributed by atoms with Crippen LogP contribution in [0.1, 0.15) is 11.1 Å². The van der Waals surface area contributed by atoms with Crippen LogP contribution < -0.4 is 4.74 Å². The third kappa shape index (κ3) is 1.04. The minimum atomic E-state index is -0.413. The van der Waals surface area contributed by atoms with Crippen LogP contribution in [-0.2, 0) is 0 Å². The van der Waals surface area contributed by atoms with Crippen molar-refractivity contribution in [2.75, 3.05) is 0 Å². The number of rotatable bonds is 0. The van der Waals surface area contributed by atoms with Crippen LogP contribution >= 0.6 is 0 Å². The number of carbonyl (C=O) groups excluding carboxylic acids is 1. The number of ether oxygens (including phenoxy) is 1. The maximum absolute atomic E-state index is 11.1. The molecule has 1 heterocycles. The zero-order valence-electron chi connectivity index (χ0n) is 7.63. The summed E-state index contributed by atoms with van der Waals surface area (Å²) in [5, 5.41) is 0. The fraction of sp³-hybridized carbons (Fsp3) is 0.200. The van der Waals surface area contributed by atoms with Crippen LogP contribution in [0, 0.1) is 13.8 Å². The standard InChI is InChI=1S/C10H10NO2/c1-6-4-7(2)9-8(5-6)11(3)10(12)13-9/h4-5H,3H2,1-2H3/q+1. The smallest absolute Gasteiger partial charge is 0.365 e. The predicted octanol–water partition coefficient (Wildman–Crippen LogP) is 2.16. The molecule has 66 valence electrons. The summed E-state index contributed by atoms with van der Waals surface area (Å²) in [5.74, 6) is 0.630. The minimum absolute atomic E-state index is 0.413. The van der Waals surface area contributed by atoms with Gasteiger partial charge in [0.15, 0.2) is 0 Å². The number of amides is 1. The SMILES string of the molecule is C=[N+]1C(=O)Oc2c(C)cc(C)cc21. The van der Waals surface area contributed by atoms with Gasteiger partial charge in [0.1, 0.15) is 6.72 Å². The summed E-state index contributed by atoms with van der Waals surface area (Å²) in [7, 11) is 0. The molecule has 1 aromatic rings. The average molecular weight is 176 g/mol. The summed E-state index contributed by atoms with van der Waals surface area (Å²) in [6, 6.07) is 3.87. The van der Waals surface area contributed by atoms with E-state index in [0.29, 0.717) is 5.75 Å². The van der Waals surface area contributed by atoms with Gasteiger partial charge in [-0.3, -0.25) is 0 Å². The molecule has 0 aromatic heterocycles. The summed E-state index contributed by atoms with van der Waals surface area (Å²) in [6.45, 7) is 7.49. The van der Waals surface area contributed by atoms with E-state index in [9.17, 15) is 4.79 Å². The highest BCUT2D eigenvalue weighted by Crippen LogP contribution is 2.36. The fourth-order valence-electron chi connectivity index (χ4n) is 1.51. The number of benzene rings is 1. The Kier molecular flexibility index (Phi) is 1.49. The molecule has 0 radical (unpaired) electrons. The highest BCUT2D eigenvalue weighted by Gasteiger charge is 2.35. The molecular formula is C10H10NO2+. The Morgan fingerprint density at radius 3 is 2.77 bits per heavy atom. The highest BCUT2D eigenvalue weighted by molar-refractivity contribution is 5.77. The lowest BCUT2D eigenvalue weighted by molar-refractivity contribution is -0.323. The van der Waals surface area contributed by atoms with Gasteiger partial charge < -0.3 is 4.74 Å². The lowest BCUT2D eigenvalue weighted by Crippen LogP contribution is -2.09. The summed E-state index contributed by atoms with van der Waals surface area (Å²) in [5.41, 5.74) is 2.82. The lowest BCUT2D eigenvalue weighted by atomic mass is 10.1. The Labute approximate surface area is 76.3 Å². The molecule has 0 atom stereocenters. The molecule has 3 nitrogen and oxygen atoms in total. The topological polar surface area (TPSA) is 29.3 Å². The molecule has 1 aromatic carbocycles. The van der Waals surface area contributed by atoms with Gasteiger partial charge in [0.05, 0.1) is 0 Å². The molecule has 0 spiro atoms. The van der Waals surface area contributed by atoms with Crippen molar-refractivity contribution >= 4 is 18.5 Å². The number of hydrogen-bond acceptors (Lipinski definition) is 2. The molecule has 1 aliphatic rings. The molecule has 0 aliphatic carbocycles. The molecule has 3 heteroatoms. The van der Waals surface area contributed by atoms with Gasteiger partial charge in [-0.25, -0.2) is 0 Å². The Morgan fingerprint density at radius 2 is 2.08 bits per heavy atom. The molecule has 0 saturated heterocycles. The molecular weight excluding hydrogens is 166 g/mol. The zero-order valence-corrected chi connectivity index (χ0v) is 7.63. The van der Waals surface area contributed by atoms with Crippen molar-refractivity contribution in [2.45, 2.75) is 13.8 Å². The molecule has 0 N–H and O–H groups in total. The third-order valence-electron chi connectivity index (χ3n) is 2.10. The van der Waals surface area contributed by atoms with Gasteiger partial charge in [0.25, 0.3) is 5.69 Å². The predicted molar refractivity (Wildman–Crippen MR) is 49.0 cm³/mol. The van der Waals surface area contributed by atoms with Crippen LogP contribution in [0.4, 0.5) is 10.5 Å². The van der Waals surface area contributed by atoms with Crippen LogP contribution in [0.5, 0.6) is 5.75 Å². The van der Waals surface area contributed by atoms with E-state index in [1.54, 1.807) is 0 Å². The molecule has 1 aliphatic heterocycles. The Balaban J connectivity index is 2.70. The van der Waals surface area contributed by atoms with Crippen LogP contribution in [0.2, 0.25) is 0 Å². The van der Waals surface area contributed by atoms with Crippen molar-refractivity contribution in [3.63, 3.8) is 0 Å². The van der Waals surface area contributed by atoms with Crippen molar-refractivity contribution in [3.05, 3.63) is 23.3 Å². The van der Waals surface area contributed by atoms with Crippen LogP contribution in [0.15, 0.2) is 12.1 Å². The number of hydrogen-bond donors (Lipinski definition) is 0. The van der Waals surface area contributed by atoms with E-state index in [1.807, 2.05) is 26.0 Å². The second-order valence-electron chi connectivity index (χ2n) is 3.23. The molecule has 13 heavy (non-hydrogen) atoms. The van der Waals surface area contributed by atoms with E-state index in [4.69, 9.17) is 4.74 Å².